The third-order valence-electron chi connectivity index (χ3n) is 6.92. The van der Waals surface area contributed by atoms with Gasteiger partial charge in [0.15, 0.2) is 5.72 Å². The highest BCUT2D eigenvalue weighted by atomic mass is 35.5. The number of hydrogen-bond acceptors (Lipinski definition) is 6. The number of likely N-dealkylation sites (N-methyl/N-ethyl adjacent to an activating group) is 1. The Labute approximate surface area is 215 Å². The molecule has 0 saturated carbocycles. The lowest BCUT2D eigenvalue weighted by Gasteiger charge is -2.42. The zero-order chi connectivity index (χ0) is 25.1. The van der Waals surface area contributed by atoms with E-state index >= 15 is 0 Å². The largest absolute Gasteiger partial charge is 0.450 e. The van der Waals surface area contributed by atoms with Gasteiger partial charge in [-0.3, -0.25) is 14.6 Å². The molecule has 35 heavy (non-hydrogen) atoms. The molecule has 0 aliphatic carbocycles. The summed E-state index contributed by atoms with van der Waals surface area (Å²) in [5.74, 6) is 0.222. The summed E-state index contributed by atoms with van der Waals surface area (Å²) in [6.45, 7) is 9.01. The number of hydrogen-bond donors (Lipinski definition) is 1. The zero-order valence-electron chi connectivity index (χ0n) is 20.3. The number of para-hydroxylation sites is 1. The molecule has 2 aromatic carbocycles. The first-order valence-corrected chi connectivity index (χ1v) is 12.2. The van der Waals surface area contributed by atoms with Crippen LogP contribution in [0.4, 0.5) is 17.3 Å². The molecule has 2 aliphatic heterocycles. The van der Waals surface area contributed by atoms with E-state index in [1.165, 1.54) is 22.2 Å². The Balaban J connectivity index is 1.45. The number of anilines is 3. The molecule has 0 fully saturated rings. The van der Waals surface area contributed by atoms with E-state index in [-0.39, 0.29) is 22.9 Å². The van der Waals surface area contributed by atoms with Gasteiger partial charge in [-0.15, -0.1) is 0 Å². The second-order valence-corrected chi connectivity index (χ2v) is 10.7. The molecule has 7 nitrogen and oxygen atoms in total. The Bertz CT molecular complexity index is 1320. The molecule has 5 rings (SSSR count). The molecule has 2 aliphatic rings. The molecule has 3 heterocycles. The monoisotopic (exact) mass is 511 g/mol. The van der Waals surface area contributed by atoms with Crippen LogP contribution in [0, 0.1) is 0 Å². The molecule has 1 amide bonds. The lowest BCUT2D eigenvalue weighted by molar-refractivity contribution is 0.0606. The van der Waals surface area contributed by atoms with Crippen LogP contribution in [0.2, 0.25) is 10.0 Å². The quantitative estimate of drug-likeness (QED) is 0.463. The van der Waals surface area contributed by atoms with E-state index in [2.05, 4.69) is 53.2 Å². The number of nitrogens with zero attached hydrogens (tertiary/aromatic N) is 4. The van der Waals surface area contributed by atoms with Gasteiger partial charge in [0.05, 0.1) is 15.7 Å². The van der Waals surface area contributed by atoms with Crippen LogP contribution >= 0.6 is 23.2 Å². The average Bonchev–Trinajstić information content (AvgIpc) is 2.78. The number of amides is 1. The van der Waals surface area contributed by atoms with Gasteiger partial charge in [-0.1, -0.05) is 35.3 Å². The van der Waals surface area contributed by atoms with E-state index in [1.54, 1.807) is 32.0 Å². The van der Waals surface area contributed by atoms with Crippen molar-refractivity contribution in [2.75, 3.05) is 23.8 Å². The molecule has 0 spiro atoms. The normalized spacial score (nSPS) is 18.5. The Hall–Kier alpha value is -2.87. The van der Waals surface area contributed by atoms with E-state index in [0.29, 0.717) is 21.7 Å². The summed E-state index contributed by atoms with van der Waals surface area (Å²) < 4.78 is 6.17. The maximum Gasteiger partial charge on any atom is 0.268 e. The number of carbonyl (C=O) groups excluding carboxylic acids is 1. The van der Waals surface area contributed by atoms with Crippen molar-refractivity contribution in [3.05, 3.63) is 69.3 Å². The second-order valence-electron chi connectivity index (χ2n) is 9.90. The van der Waals surface area contributed by atoms with Gasteiger partial charge < -0.3 is 10.1 Å². The minimum atomic E-state index is -1.08. The molecule has 0 saturated heterocycles. The lowest BCUT2D eigenvalue weighted by Crippen LogP contribution is -2.55. The Morgan fingerprint density at radius 2 is 1.80 bits per heavy atom. The summed E-state index contributed by atoms with van der Waals surface area (Å²) in [5.41, 5.74) is 3.03. The SMILES string of the molecule is CN1CCc2cc(Nc3ncc4c(n3)OC(C)(C)N(c3c(Cl)cccc3Cl)C4=O)ccc2C1(C)C. The zero-order valence-corrected chi connectivity index (χ0v) is 21.8. The van der Waals surface area contributed by atoms with Gasteiger partial charge >= 0.3 is 0 Å². The van der Waals surface area contributed by atoms with Gasteiger partial charge in [0.25, 0.3) is 5.91 Å². The Morgan fingerprint density at radius 3 is 2.51 bits per heavy atom. The summed E-state index contributed by atoms with van der Waals surface area (Å²) in [7, 11) is 2.15. The van der Waals surface area contributed by atoms with Crippen LogP contribution < -0.4 is 15.0 Å². The lowest BCUT2D eigenvalue weighted by atomic mass is 9.83. The van der Waals surface area contributed by atoms with E-state index in [0.717, 1.165) is 18.7 Å². The van der Waals surface area contributed by atoms with Crippen LogP contribution in [-0.4, -0.2) is 40.1 Å². The summed E-state index contributed by atoms with van der Waals surface area (Å²) in [5, 5.41) is 3.97. The number of ether oxygens (including phenoxy) is 1. The number of carbonyl (C=O) groups is 1. The van der Waals surface area contributed by atoms with Gasteiger partial charge in [0, 0.05) is 24.0 Å². The summed E-state index contributed by atoms with van der Waals surface area (Å²) in [6, 6.07) is 11.4. The summed E-state index contributed by atoms with van der Waals surface area (Å²) in [6.07, 6.45) is 2.44. The van der Waals surface area contributed by atoms with Crippen LogP contribution in [0.15, 0.2) is 42.6 Å². The van der Waals surface area contributed by atoms with Crippen LogP contribution in [-0.2, 0) is 12.0 Å². The molecular formula is C26H27Cl2N5O2. The van der Waals surface area contributed by atoms with Gasteiger partial charge in [-0.05, 0) is 76.6 Å². The first-order valence-electron chi connectivity index (χ1n) is 11.5. The third-order valence-corrected chi connectivity index (χ3v) is 7.53. The predicted octanol–water partition coefficient (Wildman–Crippen LogP) is 6.03. The van der Waals surface area contributed by atoms with Crippen molar-refractivity contribution >= 4 is 46.4 Å². The maximum atomic E-state index is 13.5. The highest BCUT2D eigenvalue weighted by Gasteiger charge is 2.44. The van der Waals surface area contributed by atoms with Gasteiger partial charge in [-0.25, -0.2) is 4.98 Å². The average molecular weight is 512 g/mol. The van der Waals surface area contributed by atoms with Crippen molar-refractivity contribution in [1.29, 1.82) is 0 Å². The first kappa shape index (κ1) is 23.9. The number of benzene rings is 2. The molecule has 0 radical (unpaired) electrons. The number of nitrogens with one attached hydrogen (secondary N) is 1. The Morgan fingerprint density at radius 1 is 1.09 bits per heavy atom. The van der Waals surface area contributed by atoms with Gasteiger partial charge in [0.2, 0.25) is 11.8 Å². The highest BCUT2D eigenvalue weighted by Crippen LogP contribution is 2.42. The predicted molar refractivity (Wildman–Crippen MR) is 139 cm³/mol. The van der Waals surface area contributed by atoms with Crippen molar-refractivity contribution < 1.29 is 9.53 Å². The molecule has 1 aromatic heterocycles. The van der Waals surface area contributed by atoms with Crippen molar-refractivity contribution in [3.8, 4) is 5.88 Å². The Kier molecular flexibility index (Phi) is 5.70. The minimum absolute atomic E-state index is 0.0232. The van der Waals surface area contributed by atoms with E-state index < -0.39 is 5.72 Å². The van der Waals surface area contributed by atoms with Crippen molar-refractivity contribution in [2.24, 2.45) is 0 Å². The molecule has 182 valence electrons. The number of rotatable bonds is 3. The molecular weight excluding hydrogens is 485 g/mol. The number of halogens is 2. The van der Waals surface area contributed by atoms with Crippen LogP contribution in [0.5, 0.6) is 5.88 Å². The van der Waals surface area contributed by atoms with E-state index in [4.69, 9.17) is 27.9 Å². The highest BCUT2D eigenvalue weighted by molar-refractivity contribution is 6.40. The standard InChI is InChI=1S/C26H27Cl2N5O2/c1-25(2)18-10-9-16(13-15(18)11-12-32(25)5)30-24-29-14-17-22(31-24)35-26(3,4)33(23(17)34)21-19(27)7-6-8-20(21)28/h6-10,13-14H,11-12H2,1-5H3,(H,29,30,31). The van der Waals surface area contributed by atoms with Crippen molar-refractivity contribution in [3.63, 3.8) is 0 Å². The molecule has 0 atom stereocenters. The smallest absolute Gasteiger partial charge is 0.268 e. The van der Waals surface area contributed by atoms with Crippen LogP contribution in [0.1, 0.15) is 49.2 Å². The molecule has 3 aromatic rings. The molecule has 1 N–H and O–H groups in total. The van der Waals surface area contributed by atoms with Crippen LogP contribution in [0.3, 0.4) is 0 Å². The van der Waals surface area contributed by atoms with E-state index in [1.807, 2.05) is 6.07 Å². The number of fused-ring (bicyclic) bond motifs is 2. The fraction of sp³-hybridized carbons (Fsp3) is 0.346. The molecule has 0 unspecified atom stereocenters. The number of aromatic nitrogens is 2. The van der Waals surface area contributed by atoms with E-state index in [9.17, 15) is 4.79 Å². The second kappa shape index (κ2) is 8.36. The van der Waals surface area contributed by atoms with Crippen molar-refractivity contribution in [2.45, 2.75) is 45.4 Å². The fourth-order valence-electron chi connectivity index (χ4n) is 4.75. The third kappa shape index (κ3) is 4.01. The minimum Gasteiger partial charge on any atom is -0.450 e. The topological polar surface area (TPSA) is 70.6 Å². The first-order chi connectivity index (χ1) is 16.5. The van der Waals surface area contributed by atoms with Crippen molar-refractivity contribution in [1.82, 2.24) is 14.9 Å². The summed E-state index contributed by atoms with van der Waals surface area (Å²) in [4.78, 5) is 26.2. The van der Waals surface area contributed by atoms with Gasteiger partial charge in [0.1, 0.15) is 5.56 Å². The maximum absolute atomic E-state index is 13.5. The van der Waals surface area contributed by atoms with Gasteiger partial charge in [-0.2, -0.15) is 4.98 Å². The molecule has 9 heteroatoms. The molecule has 0 bridgehead atoms. The summed E-state index contributed by atoms with van der Waals surface area (Å²) >= 11 is 12.8. The van der Waals surface area contributed by atoms with Crippen LogP contribution in [0.25, 0.3) is 0 Å². The fourth-order valence-corrected chi connectivity index (χ4v) is 5.32.